The summed E-state index contributed by atoms with van der Waals surface area (Å²) in [5.41, 5.74) is 0.215. The largest absolute Gasteiger partial charge is 0.389 e. The number of ether oxygens (including phenoxy) is 1. The van der Waals surface area contributed by atoms with Crippen molar-refractivity contribution in [3.63, 3.8) is 0 Å². The van der Waals surface area contributed by atoms with Gasteiger partial charge in [-0.1, -0.05) is 6.07 Å². The Balaban J connectivity index is 2.30. The molecule has 0 saturated carbocycles. The monoisotopic (exact) mass is 238 g/mol. The summed E-state index contributed by atoms with van der Waals surface area (Å²) in [6, 6.07) is 5.80. The van der Waals surface area contributed by atoms with Gasteiger partial charge in [-0.15, -0.1) is 0 Å². The molecule has 0 saturated heterocycles. The smallest absolute Gasteiger partial charge is 0.0768 e. The molecule has 2 N–H and O–H groups in total. The number of pyridine rings is 1. The van der Waals surface area contributed by atoms with E-state index in [0.29, 0.717) is 19.5 Å². The van der Waals surface area contributed by atoms with Gasteiger partial charge in [0, 0.05) is 32.8 Å². The zero-order chi connectivity index (χ0) is 12.7. The summed E-state index contributed by atoms with van der Waals surface area (Å²) >= 11 is 0. The predicted octanol–water partition coefficient (Wildman–Crippen LogP) is 1.35. The Bertz CT molecular complexity index is 314. The summed E-state index contributed by atoms with van der Waals surface area (Å²) in [6.07, 6.45) is 2.43. The van der Waals surface area contributed by atoms with E-state index in [1.165, 1.54) is 0 Å². The van der Waals surface area contributed by atoms with E-state index in [9.17, 15) is 5.11 Å². The average Bonchev–Trinajstić information content (AvgIpc) is 2.29. The van der Waals surface area contributed by atoms with E-state index in [0.717, 1.165) is 5.69 Å². The second kappa shape index (κ2) is 6.69. The van der Waals surface area contributed by atoms with Crippen LogP contribution in [0.15, 0.2) is 24.4 Å². The lowest BCUT2D eigenvalue weighted by Crippen LogP contribution is -2.40. The zero-order valence-corrected chi connectivity index (χ0v) is 10.8. The predicted molar refractivity (Wildman–Crippen MR) is 67.7 cm³/mol. The topological polar surface area (TPSA) is 54.4 Å². The van der Waals surface area contributed by atoms with Crippen molar-refractivity contribution in [3.05, 3.63) is 30.1 Å². The molecule has 0 spiro atoms. The summed E-state index contributed by atoms with van der Waals surface area (Å²) in [5, 5.41) is 13.3. The second-order valence-corrected chi connectivity index (χ2v) is 4.67. The van der Waals surface area contributed by atoms with Gasteiger partial charge in [-0.3, -0.25) is 4.98 Å². The van der Waals surface area contributed by atoms with Gasteiger partial charge in [0.25, 0.3) is 0 Å². The molecule has 0 aliphatic carbocycles. The van der Waals surface area contributed by atoms with E-state index < -0.39 is 5.60 Å². The molecule has 2 atom stereocenters. The van der Waals surface area contributed by atoms with Gasteiger partial charge in [-0.05, 0) is 26.0 Å². The van der Waals surface area contributed by atoms with Crippen molar-refractivity contribution in [2.24, 2.45) is 0 Å². The van der Waals surface area contributed by atoms with Gasteiger partial charge in [0.05, 0.1) is 17.4 Å². The Morgan fingerprint density at radius 3 is 2.88 bits per heavy atom. The van der Waals surface area contributed by atoms with Crippen LogP contribution in [0.5, 0.6) is 0 Å². The highest BCUT2D eigenvalue weighted by molar-refractivity contribution is 5.03. The van der Waals surface area contributed by atoms with Crippen molar-refractivity contribution in [2.75, 3.05) is 13.7 Å². The Kier molecular flexibility index (Phi) is 5.55. The molecule has 96 valence electrons. The first kappa shape index (κ1) is 14.1. The molecule has 0 fully saturated rings. The van der Waals surface area contributed by atoms with Crippen LogP contribution in [0.3, 0.4) is 0 Å². The molecule has 2 unspecified atom stereocenters. The average molecular weight is 238 g/mol. The Morgan fingerprint density at radius 2 is 2.29 bits per heavy atom. The summed E-state index contributed by atoms with van der Waals surface area (Å²) < 4.78 is 5.15. The van der Waals surface area contributed by atoms with Crippen LogP contribution in [0.25, 0.3) is 0 Å². The summed E-state index contributed by atoms with van der Waals surface area (Å²) in [6.45, 7) is 4.96. The van der Waals surface area contributed by atoms with Crippen molar-refractivity contribution >= 4 is 0 Å². The molecule has 0 bridgehead atoms. The first-order chi connectivity index (χ1) is 8.03. The number of rotatable bonds is 7. The number of methoxy groups -OCH3 is 1. The second-order valence-electron chi connectivity index (χ2n) is 4.67. The molecule has 4 heteroatoms. The quantitative estimate of drug-likeness (QED) is 0.753. The lowest BCUT2D eigenvalue weighted by molar-refractivity contribution is -0.00550. The summed E-state index contributed by atoms with van der Waals surface area (Å²) in [7, 11) is 1.65. The standard InChI is InChI=1S/C13H22N2O2/c1-11(17-3)8-13(2,16)10-14-9-12-6-4-5-7-15-12/h4-7,11,14,16H,8-10H2,1-3H3. The third-order valence-electron chi connectivity index (χ3n) is 2.67. The van der Waals surface area contributed by atoms with Crippen molar-refractivity contribution < 1.29 is 9.84 Å². The molecule has 1 rings (SSSR count). The molecule has 1 heterocycles. The van der Waals surface area contributed by atoms with Crippen molar-refractivity contribution in [1.82, 2.24) is 10.3 Å². The highest BCUT2D eigenvalue weighted by atomic mass is 16.5. The van der Waals surface area contributed by atoms with E-state index in [2.05, 4.69) is 10.3 Å². The van der Waals surface area contributed by atoms with E-state index in [4.69, 9.17) is 4.74 Å². The molecular weight excluding hydrogens is 216 g/mol. The van der Waals surface area contributed by atoms with Gasteiger partial charge in [0.1, 0.15) is 0 Å². The van der Waals surface area contributed by atoms with Crippen LogP contribution in [0.4, 0.5) is 0 Å². The first-order valence-corrected chi connectivity index (χ1v) is 5.89. The highest BCUT2D eigenvalue weighted by Crippen LogP contribution is 2.12. The molecule has 0 radical (unpaired) electrons. The molecule has 0 aliphatic rings. The summed E-state index contributed by atoms with van der Waals surface area (Å²) in [4.78, 5) is 4.21. The van der Waals surface area contributed by atoms with E-state index in [-0.39, 0.29) is 6.10 Å². The Labute approximate surface area is 103 Å². The number of aromatic nitrogens is 1. The lowest BCUT2D eigenvalue weighted by atomic mass is 9.99. The number of aliphatic hydroxyl groups is 1. The molecule has 0 amide bonds. The molecule has 1 aromatic heterocycles. The van der Waals surface area contributed by atoms with Gasteiger partial charge in [-0.25, -0.2) is 0 Å². The van der Waals surface area contributed by atoms with Crippen LogP contribution >= 0.6 is 0 Å². The van der Waals surface area contributed by atoms with E-state index in [1.54, 1.807) is 13.3 Å². The maximum Gasteiger partial charge on any atom is 0.0768 e. The molecule has 17 heavy (non-hydrogen) atoms. The van der Waals surface area contributed by atoms with E-state index >= 15 is 0 Å². The minimum absolute atomic E-state index is 0.0571. The minimum atomic E-state index is -0.760. The summed E-state index contributed by atoms with van der Waals surface area (Å²) in [5.74, 6) is 0. The first-order valence-electron chi connectivity index (χ1n) is 5.89. The van der Waals surface area contributed by atoms with Crippen LogP contribution in [0.2, 0.25) is 0 Å². The van der Waals surface area contributed by atoms with Crippen LogP contribution < -0.4 is 5.32 Å². The van der Waals surface area contributed by atoms with Crippen molar-refractivity contribution in [2.45, 2.75) is 38.5 Å². The van der Waals surface area contributed by atoms with Gasteiger partial charge >= 0.3 is 0 Å². The maximum atomic E-state index is 10.1. The number of hydrogen-bond acceptors (Lipinski definition) is 4. The van der Waals surface area contributed by atoms with Gasteiger partial charge in [0.15, 0.2) is 0 Å². The van der Waals surface area contributed by atoms with Gasteiger partial charge < -0.3 is 15.2 Å². The van der Waals surface area contributed by atoms with Crippen LogP contribution in [-0.2, 0) is 11.3 Å². The number of nitrogens with one attached hydrogen (secondary N) is 1. The fraction of sp³-hybridized carbons (Fsp3) is 0.615. The molecule has 0 aliphatic heterocycles. The highest BCUT2D eigenvalue weighted by Gasteiger charge is 2.22. The fourth-order valence-electron chi connectivity index (χ4n) is 1.74. The van der Waals surface area contributed by atoms with Crippen molar-refractivity contribution in [3.8, 4) is 0 Å². The van der Waals surface area contributed by atoms with Crippen LogP contribution in [0, 0.1) is 0 Å². The normalized spacial score (nSPS) is 16.5. The van der Waals surface area contributed by atoms with E-state index in [1.807, 2.05) is 32.0 Å². The molecule has 4 nitrogen and oxygen atoms in total. The Hall–Kier alpha value is -0.970. The molecule has 1 aromatic rings. The SMILES string of the molecule is COC(C)CC(C)(O)CNCc1ccccn1. The molecular formula is C13H22N2O2. The third-order valence-corrected chi connectivity index (χ3v) is 2.67. The molecule has 0 aromatic carbocycles. The number of nitrogens with zero attached hydrogens (tertiary/aromatic N) is 1. The van der Waals surface area contributed by atoms with Crippen LogP contribution in [0.1, 0.15) is 26.0 Å². The van der Waals surface area contributed by atoms with Gasteiger partial charge in [-0.2, -0.15) is 0 Å². The lowest BCUT2D eigenvalue weighted by Gasteiger charge is -2.26. The van der Waals surface area contributed by atoms with Crippen molar-refractivity contribution in [1.29, 1.82) is 0 Å². The van der Waals surface area contributed by atoms with Crippen LogP contribution in [-0.4, -0.2) is 35.5 Å². The zero-order valence-electron chi connectivity index (χ0n) is 10.8. The minimum Gasteiger partial charge on any atom is -0.389 e. The Morgan fingerprint density at radius 1 is 1.53 bits per heavy atom. The third kappa shape index (κ3) is 5.77. The van der Waals surface area contributed by atoms with Gasteiger partial charge in [0.2, 0.25) is 0 Å². The number of hydrogen-bond donors (Lipinski definition) is 2. The fourth-order valence-corrected chi connectivity index (χ4v) is 1.74. The maximum absolute atomic E-state index is 10.1.